The second-order valence-corrected chi connectivity index (χ2v) is 6.35. The fourth-order valence-corrected chi connectivity index (χ4v) is 3.12. The van der Waals surface area contributed by atoms with Gasteiger partial charge in [0.25, 0.3) is 0 Å². The second kappa shape index (κ2) is 7.34. The third-order valence-corrected chi connectivity index (χ3v) is 4.55. The van der Waals surface area contributed by atoms with Gasteiger partial charge < -0.3 is 5.73 Å². The lowest BCUT2D eigenvalue weighted by molar-refractivity contribution is 0.491. The average molecular weight is 313 g/mol. The molecule has 1 atom stereocenters. The van der Waals surface area contributed by atoms with E-state index in [4.69, 9.17) is 5.73 Å². The quantitative estimate of drug-likeness (QED) is 0.798. The standard InChI is InChI=1S/C23H23N/c1-19-10-9-15-22(18-19)23(24,21-13-7-2-3-8-14-21)17-16-20-11-5-4-6-12-20/h4-7,9-15,18H,2,16-17,24H2,1H3. The molecule has 1 unspecified atom stereocenters. The van der Waals surface area contributed by atoms with Crippen molar-refractivity contribution in [1.82, 2.24) is 0 Å². The van der Waals surface area contributed by atoms with E-state index in [2.05, 4.69) is 79.4 Å². The van der Waals surface area contributed by atoms with E-state index in [1.54, 1.807) is 0 Å². The molecule has 120 valence electrons. The van der Waals surface area contributed by atoms with Crippen molar-refractivity contribution in [1.29, 1.82) is 0 Å². The Hall–Kier alpha value is -2.56. The number of rotatable bonds is 5. The molecule has 0 aliphatic heterocycles. The van der Waals surface area contributed by atoms with Gasteiger partial charge in [-0.25, -0.2) is 0 Å². The molecule has 0 fully saturated rings. The molecule has 1 aliphatic carbocycles. The lowest BCUT2D eigenvalue weighted by Crippen LogP contribution is -2.39. The molecule has 0 radical (unpaired) electrons. The Morgan fingerprint density at radius 3 is 2.71 bits per heavy atom. The number of allylic oxidation sites excluding steroid dienone is 2. The van der Waals surface area contributed by atoms with Crippen LogP contribution < -0.4 is 5.73 Å². The van der Waals surface area contributed by atoms with Crippen LogP contribution in [0.3, 0.4) is 0 Å². The summed E-state index contributed by atoms with van der Waals surface area (Å²) in [6, 6.07) is 19.0. The molecule has 1 heteroatoms. The fraction of sp³-hybridized carbons (Fsp3) is 0.217. The summed E-state index contributed by atoms with van der Waals surface area (Å²) >= 11 is 0. The molecule has 2 N–H and O–H groups in total. The van der Waals surface area contributed by atoms with Gasteiger partial charge in [0.05, 0.1) is 5.54 Å². The van der Waals surface area contributed by atoms with Gasteiger partial charge in [0.2, 0.25) is 0 Å². The van der Waals surface area contributed by atoms with E-state index in [0.717, 1.165) is 30.4 Å². The number of aryl methyl sites for hydroxylation is 2. The molecule has 0 spiro atoms. The van der Waals surface area contributed by atoms with Crippen LogP contribution in [-0.2, 0) is 12.0 Å². The summed E-state index contributed by atoms with van der Waals surface area (Å²) in [5, 5.41) is 0. The Labute approximate surface area is 144 Å². The zero-order valence-corrected chi connectivity index (χ0v) is 14.1. The van der Waals surface area contributed by atoms with Gasteiger partial charge >= 0.3 is 0 Å². The smallest absolute Gasteiger partial charge is 0.0675 e. The van der Waals surface area contributed by atoms with Gasteiger partial charge in [-0.3, -0.25) is 0 Å². The van der Waals surface area contributed by atoms with Crippen LogP contribution in [-0.4, -0.2) is 0 Å². The van der Waals surface area contributed by atoms with E-state index < -0.39 is 5.54 Å². The number of benzene rings is 2. The molecule has 0 amide bonds. The van der Waals surface area contributed by atoms with Gasteiger partial charge in [-0.05, 0) is 42.5 Å². The Kier molecular flexibility index (Phi) is 4.99. The van der Waals surface area contributed by atoms with Gasteiger partial charge in [-0.1, -0.05) is 84.2 Å². The number of nitrogens with two attached hydrogens (primary N) is 1. The molecule has 2 aromatic carbocycles. The third kappa shape index (κ3) is 3.67. The molecule has 0 saturated heterocycles. The summed E-state index contributed by atoms with van der Waals surface area (Å²) in [4.78, 5) is 0. The third-order valence-electron chi connectivity index (χ3n) is 4.55. The predicted molar refractivity (Wildman–Crippen MR) is 101 cm³/mol. The normalized spacial score (nSPS) is 15.7. The van der Waals surface area contributed by atoms with Gasteiger partial charge in [0.15, 0.2) is 0 Å². The zero-order valence-electron chi connectivity index (χ0n) is 14.1. The zero-order chi connectivity index (χ0) is 16.8. The van der Waals surface area contributed by atoms with E-state index >= 15 is 0 Å². The van der Waals surface area contributed by atoms with E-state index in [1.807, 2.05) is 12.1 Å². The molecule has 0 aromatic heterocycles. The predicted octanol–water partition coefficient (Wildman–Crippen LogP) is 4.67. The van der Waals surface area contributed by atoms with Gasteiger partial charge in [-0.2, -0.15) is 0 Å². The van der Waals surface area contributed by atoms with Gasteiger partial charge in [0.1, 0.15) is 0 Å². The summed E-state index contributed by atoms with van der Waals surface area (Å²) in [5.41, 5.74) is 11.2. The van der Waals surface area contributed by atoms with Crippen molar-refractivity contribution >= 4 is 0 Å². The first-order chi connectivity index (χ1) is 11.7. The van der Waals surface area contributed by atoms with Gasteiger partial charge in [-0.15, -0.1) is 0 Å². The summed E-state index contributed by atoms with van der Waals surface area (Å²) in [5.74, 6) is 6.25. The maximum atomic E-state index is 6.99. The fourth-order valence-electron chi connectivity index (χ4n) is 3.12. The minimum atomic E-state index is -0.530. The van der Waals surface area contributed by atoms with Crippen molar-refractivity contribution in [3.8, 4) is 11.8 Å². The minimum absolute atomic E-state index is 0.530. The molecule has 0 heterocycles. The Morgan fingerprint density at radius 2 is 1.92 bits per heavy atom. The summed E-state index contributed by atoms with van der Waals surface area (Å²) in [6.07, 6.45) is 8.77. The molecule has 0 bridgehead atoms. The van der Waals surface area contributed by atoms with E-state index in [-0.39, 0.29) is 0 Å². The molecule has 1 nitrogen and oxygen atoms in total. The van der Waals surface area contributed by atoms with Crippen molar-refractivity contribution in [2.75, 3.05) is 0 Å². The van der Waals surface area contributed by atoms with Crippen LogP contribution in [0.4, 0.5) is 0 Å². The molecular formula is C23H23N. The SMILES string of the molecule is Cc1cccc(C(N)(CCc2ccccc2)C2=CC#CCC=C2)c1. The van der Waals surface area contributed by atoms with Crippen molar-refractivity contribution in [2.45, 2.75) is 31.7 Å². The van der Waals surface area contributed by atoms with E-state index in [9.17, 15) is 0 Å². The summed E-state index contributed by atoms with van der Waals surface area (Å²) < 4.78 is 0. The molecular weight excluding hydrogens is 290 g/mol. The molecule has 3 rings (SSSR count). The highest BCUT2D eigenvalue weighted by Crippen LogP contribution is 2.33. The van der Waals surface area contributed by atoms with Crippen molar-refractivity contribution < 1.29 is 0 Å². The Morgan fingerprint density at radius 1 is 1.08 bits per heavy atom. The number of hydrogen-bond donors (Lipinski definition) is 1. The largest absolute Gasteiger partial charge is 0.318 e. The highest BCUT2D eigenvalue weighted by molar-refractivity contribution is 5.46. The van der Waals surface area contributed by atoms with E-state index in [1.165, 1.54) is 11.1 Å². The molecule has 2 aromatic rings. The highest BCUT2D eigenvalue weighted by Gasteiger charge is 2.30. The summed E-state index contributed by atoms with van der Waals surface area (Å²) in [7, 11) is 0. The maximum absolute atomic E-state index is 6.99. The average Bonchev–Trinajstić information content (AvgIpc) is 2.90. The minimum Gasteiger partial charge on any atom is -0.318 e. The molecule has 24 heavy (non-hydrogen) atoms. The topological polar surface area (TPSA) is 26.0 Å². The van der Waals surface area contributed by atoms with E-state index in [0.29, 0.717) is 0 Å². The second-order valence-electron chi connectivity index (χ2n) is 6.35. The Balaban J connectivity index is 1.97. The van der Waals surface area contributed by atoms with Crippen LogP contribution in [0.5, 0.6) is 0 Å². The molecule has 0 saturated carbocycles. The van der Waals surface area contributed by atoms with Crippen LogP contribution in [0.2, 0.25) is 0 Å². The molecule has 1 aliphatic rings. The van der Waals surface area contributed by atoms with Crippen LogP contribution in [0.1, 0.15) is 29.5 Å². The first-order valence-electron chi connectivity index (χ1n) is 8.44. The van der Waals surface area contributed by atoms with Crippen molar-refractivity contribution in [2.24, 2.45) is 5.73 Å². The van der Waals surface area contributed by atoms with Crippen LogP contribution in [0.15, 0.2) is 78.4 Å². The maximum Gasteiger partial charge on any atom is 0.0675 e. The van der Waals surface area contributed by atoms with Crippen molar-refractivity contribution in [3.63, 3.8) is 0 Å². The van der Waals surface area contributed by atoms with Crippen LogP contribution >= 0.6 is 0 Å². The highest BCUT2D eigenvalue weighted by atomic mass is 14.7. The Bertz CT molecular complexity index is 818. The first-order valence-corrected chi connectivity index (χ1v) is 8.44. The van der Waals surface area contributed by atoms with Crippen LogP contribution in [0, 0.1) is 18.8 Å². The lowest BCUT2D eigenvalue weighted by Gasteiger charge is -2.32. The number of hydrogen-bond acceptors (Lipinski definition) is 1. The lowest BCUT2D eigenvalue weighted by atomic mass is 9.78. The summed E-state index contributed by atoms with van der Waals surface area (Å²) in [6.45, 7) is 2.11. The van der Waals surface area contributed by atoms with Gasteiger partial charge in [0, 0.05) is 6.42 Å². The first kappa shape index (κ1) is 16.3. The van der Waals surface area contributed by atoms with Crippen molar-refractivity contribution in [3.05, 3.63) is 95.1 Å². The monoisotopic (exact) mass is 313 g/mol. The van der Waals surface area contributed by atoms with Crippen LogP contribution in [0.25, 0.3) is 0 Å².